The number of ketones is 1. The molecule has 0 spiro atoms. The second-order valence-electron chi connectivity index (χ2n) is 9.07. The van der Waals surface area contributed by atoms with Crippen LogP contribution in [0.5, 0.6) is 0 Å². The smallest absolute Gasteiger partial charge is 0.230 e. The summed E-state index contributed by atoms with van der Waals surface area (Å²) >= 11 is 11.1. The van der Waals surface area contributed by atoms with Gasteiger partial charge < -0.3 is 5.32 Å². The molecule has 1 amide bonds. The molecule has 1 aromatic heterocycles. The minimum Gasteiger partial charge on any atom is -0.352 e. The molecule has 5 rings (SSSR count). The third-order valence-corrected chi connectivity index (χ3v) is 8.37. The number of H-pyrrole nitrogens is 1. The Bertz CT molecular complexity index is 1320. The van der Waals surface area contributed by atoms with Crippen LogP contribution in [-0.2, 0) is 4.79 Å². The van der Waals surface area contributed by atoms with Crippen molar-refractivity contribution in [2.24, 2.45) is 0 Å². The van der Waals surface area contributed by atoms with E-state index in [0.29, 0.717) is 16.5 Å². The predicted octanol–water partition coefficient (Wildman–Crippen LogP) is 5.63. The Labute approximate surface area is 221 Å². The molecule has 1 fully saturated rings. The molecular weight excluding hydrogens is 548 g/mol. The fraction of sp³-hybridized carbons (Fsp3) is 0.308. The zero-order valence-electron chi connectivity index (χ0n) is 19.2. The predicted molar refractivity (Wildman–Crippen MR) is 142 cm³/mol. The van der Waals surface area contributed by atoms with Crippen molar-refractivity contribution in [2.75, 3.05) is 5.75 Å². The summed E-state index contributed by atoms with van der Waals surface area (Å²) in [6, 6.07) is 14.0. The average Bonchev–Trinajstić information content (AvgIpc) is 3.28. The number of nitrogens with zero attached hydrogens (tertiary/aromatic N) is 2. The number of aromatic amines is 1. The summed E-state index contributed by atoms with van der Waals surface area (Å²) in [6.45, 7) is 3.97. The topological polar surface area (TPSA) is 87.7 Å². The highest BCUT2D eigenvalue weighted by molar-refractivity contribution is 9.10. The van der Waals surface area contributed by atoms with Crippen LogP contribution in [0.4, 0.5) is 0 Å². The van der Waals surface area contributed by atoms with Gasteiger partial charge in [-0.1, -0.05) is 75.2 Å². The first kappa shape index (κ1) is 24.3. The van der Waals surface area contributed by atoms with Crippen LogP contribution >= 0.6 is 39.3 Å². The maximum absolute atomic E-state index is 13.2. The van der Waals surface area contributed by atoms with Crippen molar-refractivity contribution in [1.82, 2.24) is 20.5 Å². The van der Waals surface area contributed by atoms with Crippen molar-refractivity contribution in [2.45, 2.75) is 48.7 Å². The molecule has 2 aliphatic carbocycles. The number of benzene rings is 2. The SMILES string of the molecule is CC1=Cc2ccc(Br)cc2C(=O)C1c1nc(SCC(=O)NC2CC(Cl)C2c2ccc(C)cc2)n[nH]1. The number of thioether (sulfide) groups is 1. The monoisotopic (exact) mass is 570 g/mol. The normalized spacial score (nSPS) is 23.3. The summed E-state index contributed by atoms with van der Waals surface area (Å²) in [5.41, 5.74) is 4.79. The second-order valence-corrected chi connectivity index (χ2v) is 11.5. The van der Waals surface area contributed by atoms with E-state index < -0.39 is 5.92 Å². The standard InChI is InChI=1S/C26H24BrClN4O2S/c1-13-3-5-15(6-4-13)23-19(28)11-20(23)29-21(33)12-35-26-30-25(31-32-26)22-14(2)9-16-7-8-17(27)10-18(16)24(22)34/h3-10,19-20,22-23H,11-12H2,1-2H3,(H,29,33)(H,30,31,32). The molecule has 1 saturated carbocycles. The molecule has 4 atom stereocenters. The Kier molecular flexibility index (Phi) is 6.88. The van der Waals surface area contributed by atoms with Gasteiger partial charge in [0, 0.05) is 27.4 Å². The summed E-state index contributed by atoms with van der Waals surface area (Å²) in [5, 5.41) is 10.7. The molecule has 2 N–H and O–H groups in total. The third-order valence-electron chi connectivity index (χ3n) is 6.58. The molecule has 1 heterocycles. The van der Waals surface area contributed by atoms with E-state index in [1.165, 1.54) is 17.3 Å². The number of hydrogen-bond donors (Lipinski definition) is 2. The summed E-state index contributed by atoms with van der Waals surface area (Å²) in [7, 11) is 0. The molecule has 0 aliphatic heterocycles. The van der Waals surface area contributed by atoms with Gasteiger partial charge in [-0.2, -0.15) is 0 Å². The van der Waals surface area contributed by atoms with Crippen molar-refractivity contribution < 1.29 is 9.59 Å². The highest BCUT2D eigenvalue weighted by Gasteiger charge is 2.41. The molecule has 0 saturated heterocycles. The van der Waals surface area contributed by atoms with E-state index in [1.54, 1.807) is 0 Å². The van der Waals surface area contributed by atoms with Crippen molar-refractivity contribution in [3.05, 3.63) is 80.6 Å². The number of amides is 1. The molecule has 3 aromatic rings. The molecule has 6 nitrogen and oxygen atoms in total. The number of allylic oxidation sites excluding steroid dienone is 1. The minimum absolute atomic E-state index is 0.0151. The Morgan fingerprint density at radius 1 is 1.23 bits per heavy atom. The van der Waals surface area contributed by atoms with E-state index in [1.807, 2.05) is 38.1 Å². The van der Waals surface area contributed by atoms with E-state index in [-0.39, 0.29) is 34.8 Å². The van der Waals surface area contributed by atoms with Crippen LogP contribution in [0.15, 0.2) is 57.7 Å². The number of hydrogen-bond acceptors (Lipinski definition) is 5. The number of carbonyl (C=O) groups is 2. The lowest BCUT2D eigenvalue weighted by Crippen LogP contribution is -2.52. The van der Waals surface area contributed by atoms with Crippen LogP contribution in [0, 0.1) is 6.92 Å². The lowest BCUT2D eigenvalue weighted by Gasteiger charge is -2.42. The van der Waals surface area contributed by atoms with Gasteiger partial charge in [-0.15, -0.1) is 16.7 Å². The fourth-order valence-electron chi connectivity index (χ4n) is 4.70. The first-order valence-electron chi connectivity index (χ1n) is 11.4. The van der Waals surface area contributed by atoms with Crippen molar-refractivity contribution in [3.8, 4) is 0 Å². The molecule has 35 heavy (non-hydrogen) atoms. The zero-order valence-corrected chi connectivity index (χ0v) is 22.4. The van der Waals surface area contributed by atoms with Crippen molar-refractivity contribution in [1.29, 1.82) is 0 Å². The van der Waals surface area contributed by atoms with Gasteiger partial charge in [0.05, 0.1) is 5.75 Å². The van der Waals surface area contributed by atoms with Crippen LogP contribution in [0.25, 0.3) is 6.08 Å². The number of aromatic nitrogens is 3. The fourth-order valence-corrected chi connectivity index (χ4v) is 6.19. The highest BCUT2D eigenvalue weighted by Crippen LogP contribution is 2.41. The third kappa shape index (κ3) is 4.97. The number of fused-ring (bicyclic) bond motifs is 1. The average molecular weight is 572 g/mol. The van der Waals surface area contributed by atoms with Crippen LogP contribution in [0.3, 0.4) is 0 Å². The Balaban J connectivity index is 1.20. The number of alkyl halides is 1. The summed E-state index contributed by atoms with van der Waals surface area (Å²) in [4.78, 5) is 30.3. The molecule has 0 bridgehead atoms. The summed E-state index contributed by atoms with van der Waals surface area (Å²) < 4.78 is 0.854. The van der Waals surface area contributed by atoms with E-state index in [4.69, 9.17) is 11.6 Å². The van der Waals surface area contributed by atoms with Crippen molar-refractivity contribution >= 4 is 57.1 Å². The maximum atomic E-state index is 13.2. The van der Waals surface area contributed by atoms with Crippen LogP contribution in [0.1, 0.15) is 58.1 Å². The summed E-state index contributed by atoms with van der Waals surface area (Å²) in [6.07, 6.45) is 2.75. The Morgan fingerprint density at radius 3 is 2.74 bits per heavy atom. The molecule has 180 valence electrons. The first-order chi connectivity index (χ1) is 16.8. The van der Waals surface area contributed by atoms with E-state index >= 15 is 0 Å². The number of halogens is 2. The van der Waals surface area contributed by atoms with Gasteiger partial charge in [0.15, 0.2) is 5.78 Å². The molecule has 2 aliphatic rings. The quantitative estimate of drug-likeness (QED) is 0.296. The molecule has 9 heteroatoms. The largest absolute Gasteiger partial charge is 0.352 e. The molecular formula is C26H24BrClN4O2S. The number of rotatable bonds is 6. The van der Waals surface area contributed by atoms with Gasteiger partial charge in [-0.05, 0) is 43.5 Å². The van der Waals surface area contributed by atoms with E-state index in [9.17, 15) is 9.59 Å². The zero-order chi connectivity index (χ0) is 24.7. The lowest BCUT2D eigenvalue weighted by molar-refractivity contribution is -0.119. The van der Waals surface area contributed by atoms with Crippen LogP contribution < -0.4 is 5.32 Å². The Morgan fingerprint density at radius 2 is 2.00 bits per heavy atom. The second kappa shape index (κ2) is 9.91. The van der Waals surface area contributed by atoms with Crippen molar-refractivity contribution in [3.63, 3.8) is 0 Å². The summed E-state index contributed by atoms with van der Waals surface area (Å²) in [5.74, 6) is 0.158. The van der Waals surface area contributed by atoms with Crippen LogP contribution in [0.2, 0.25) is 0 Å². The van der Waals surface area contributed by atoms with Gasteiger partial charge in [-0.25, -0.2) is 4.98 Å². The highest BCUT2D eigenvalue weighted by atomic mass is 79.9. The van der Waals surface area contributed by atoms with E-state index in [0.717, 1.165) is 27.6 Å². The Hall–Kier alpha value is -2.42. The number of aryl methyl sites for hydroxylation is 1. The molecule has 4 unspecified atom stereocenters. The lowest BCUT2D eigenvalue weighted by atomic mass is 9.74. The van der Waals surface area contributed by atoms with Gasteiger partial charge in [-0.3, -0.25) is 14.7 Å². The van der Waals surface area contributed by atoms with Crippen LogP contribution in [-0.4, -0.2) is 44.0 Å². The molecule has 0 radical (unpaired) electrons. The number of carbonyl (C=O) groups excluding carboxylic acids is 2. The minimum atomic E-state index is -0.515. The maximum Gasteiger partial charge on any atom is 0.230 e. The molecule has 2 aromatic carbocycles. The van der Waals surface area contributed by atoms with Gasteiger partial charge in [0.25, 0.3) is 0 Å². The van der Waals surface area contributed by atoms with E-state index in [2.05, 4.69) is 60.7 Å². The van der Waals surface area contributed by atoms with Gasteiger partial charge >= 0.3 is 0 Å². The first-order valence-corrected chi connectivity index (χ1v) is 13.6. The number of nitrogens with one attached hydrogen (secondary N) is 2. The van der Waals surface area contributed by atoms with Gasteiger partial charge in [0.1, 0.15) is 11.7 Å². The number of Topliss-reactive ketones (excluding diaryl/α,β-unsaturated/α-hetero) is 1. The van der Waals surface area contributed by atoms with Gasteiger partial charge in [0.2, 0.25) is 11.1 Å².